The summed E-state index contributed by atoms with van der Waals surface area (Å²) in [7, 11) is -1.18. The maximum absolute atomic E-state index is 12.1. The summed E-state index contributed by atoms with van der Waals surface area (Å²) in [6.07, 6.45) is 2.09. The van der Waals surface area contributed by atoms with Crippen molar-refractivity contribution in [1.82, 2.24) is 0 Å². The van der Waals surface area contributed by atoms with Gasteiger partial charge in [-0.1, -0.05) is 17.7 Å². The molecule has 2 unspecified atom stereocenters. The summed E-state index contributed by atoms with van der Waals surface area (Å²) in [6, 6.07) is 5.18. The smallest absolute Gasteiger partial charge is 0.0804 e. The van der Waals surface area contributed by atoms with Gasteiger partial charge in [0.2, 0.25) is 0 Å². The molecule has 0 aliphatic carbocycles. The van der Waals surface area contributed by atoms with Crippen molar-refractivity contribution in [2.45, 2.75) is 23.8 Å². The van der Waals surface area contributed by atoms with Crippen LogP contribution in [0, 0.1) is 0 Å². The molecule has 1 saturated heterocycles. The number of halogens is 1. The van der Waals surface area contributed by atoms with Gasteiger partial charge in [0.25, 0.3) is 0 Å². The Hall–Kier alpha value is -0.580. The van der Waals surface area contributed by atoms with Gasteiger partial charge < -0.3 is 10.5 Å². The van der Waals surface area contributed by atoms with Gasteiger partial charge in [-0.3, -0.25) is 4.21 Å². The van der Waals surface area contributed by atoms with Gasteiger partial charge in [-0.25, -0.2) is 0 Å². The molecule has 2 atom stereocenters. The quantitative estimate of drug-likeness (QED) is 0.847. The molecule has 1 fully saturated rings. The molecule has 88 valence electrons. The monoisotopic (exact) mass is 259 g/mol. The number of benzene rings is 1. The molecule has 0 radical (unpaired) electrons. The Kier molecular flexibility index (Phi) is 3.84. The first-order chi connectivity index (χ1) is 7.68. The summed E-state index contributed by atoms with van der Waals surface area (Å²) in [5.41, 5.74) is 6.27. The number of rotatable bonds is 3. The maximum atomic E-state index is 12.1. The molecule has 0 amide bonds. The van der Waals surface area contributed by atoms with E-state index in [0.717, 1.165) is 19.4 Å². The van der Waals surface area contributed by atoms with Gasteiger partial charge in [0.15, 0.2) is 0 Å². The summed E-state index contributed by atoms with van der Waals surface area (Å²) in [6.45, 7) is 0.764. The van der Waals surface area contributed by atoms with Crippen LogP contribution in [0.4, 0.5) is 5.69 Å². The van der Waals surface area contributed by atoms with Crippen molar-refractivity contribution in [2.75, 3.05) is 18.1 Å². The molecule has 3 nitrogen and oxygen atoms in total. The van der Waals surface area contributed by atoms with E-state index in [0.29, 0.717) is 21.4 Å². The van der Waals surface area contributed by atoms with Gasteiger partial charge in [0.1, 0.15) is 0 Å². The third-order valence-corrected chi connectivity index (χ3v) is 4.60. The van der Waals surface area contributed by atoms with Crippen LogP contribution in [0.3, 0.4) is 0 Å². The molecule has 1 heterocycles. The fraction of sp³-hybridized carbons (Fsp3) is 0.455. The third kappa shape index (κ3) is 2.56. The van der Waals surface area contributed by atoms with Crippen molar-refractivity contribution in [3.63, 3.8) is 0 Å². The number of ether oxygens (including phenoxy) is 1. The van der Waals surface area contributed by atoms with Crippen LogP contribution in [-0.4, -0.2) is 22.7 Å². The summed E-state index contributed by atoms with van der Waals surface area (Å²) in [5.74, 6) is 0.480. The zero-order valence-electron chi connectivity index (χ0n) is 8.82. The Bertz CT molecular complexity index is 385. The predicted molar refractivity (Wildman–Crippen MR) is 66.1 cm³/mol. The zero-order valence-corrected chi connectivity index (χ0v) is 10.4. The van der Waals surface area contributed by atoms with Crippen LogP contribution >= 0.6 is 11.6 Å². The van der Waals surface area contributed by atoms with Crippen molar-refractivity contribution in [1.29, 1.82) is 0 Å². The fourth-order valence-corrected chi connectivity index (χ4v) is 3.62. The Morgan fingerprint density at radius 1 is 1.56 bits per heavy atom. The fourth-order valence-electron chi connectivity index (χ4n) is 1.79. The molecule has 1 aromatic rings. The first kappa shape index (κ1) is 11.9. The normalized spacial score (nSPS) is 22.2. The van der Waals surface area contributed by atoms with Crippen LogP contribution < -0.4 is 5.73 Å². The maximum Gasteiger partial charge on any atom is 0.0804 e. The molecule has 0 spiro atoms. The van der Waals surface area contributed by atoms with E-state index in [-0.39, 0.29) is 6.10 Å². The highest BCUT2D eigenvalue weighted by molar-refractivity contribution is 7.85. The van der Waals surface area contributed by atoms with Crippen molar-refractivity contribution < 1.29 is 8.95 Å². The van der Waals surface area contributed by atoms with Gasteiger partial charge in [-0.05, 0) is 25.0 Å². The second kappa shape index (κ2) is 5.17. The summed E-state index contributed by atoms with van der Waals surface area (Å²) < 4.78 is 17.6. The lowest BCUT2D eigenvalue weighted by atomic mass is 10.3. The first-order valence-corrected chi connectivity index (χ1v) is 6.92. The molecule has 0 aromatic heterocycles. The molecular weight excluding hydrogens is 246 g/mol. The number of hydrogen-bond acceptors (Lipinski definition) is 3. The van der Waals surface area contributed by atoms with E-state index >= 15 is 0 Å². The second-order valence-corrected chi connectivity index (χ2v) is 5.65. The van der Waals surface area contributed by atoms with Gasteiger partial charge in [0, 0.05) is 12.3 Å². The summed E-state index contributed by atoms with van der Waals surface area (Å²) in [4.78, 5) is 0.541. The standard InChI is InChI=1S/C11H14ClNO2S/c12-9-4-1-5-10(13)11(9)16(14)7-8-3-2-6-15-8/h1,4-5,8H,2-3,6-7,13H2. The number of hydrogen-bond donors (Lipinski definition) is 1. The van der Waals surface area contributed by atoms with Gasteiger partial charge in [-0.2, -0.15) is 0 Å². The van der Waals surface area contributed by atoms with Gasteiger partial charge in [-0.15, -0.1) is 0 Å². The van der Waals surface area contributed by atoms with Crippen LogP contribution in [0.25, 0.3) is 0 Å². The van der Waals surface area contributed by atoms with Crippen molar-refractivity contribution in [3.05, 3.63) is 23.2 Å². The molecule has 1 aliphatic heterocycles. The molecule has 16 heavy (non-hydrogen) atoms. The summed E-state index contributed by atoms with van der Waals surface area (Å²) in [5, 5.41) is 0.469. The molecule has 0 saturated carbocycles. The van der Waals surface area contributed by atoms with Crippen molar-refractivity contribution in [3.8, 4) is 0 Å². The number of nitrogens with two attached hydrogens (primary N) is 1. The third-order valence-electron chi connectivity index (χ3n) is 2.59. The minimum absolute atomic E-state index is 0.0801. The van der Waals surface area contributed by atoms with Gasteiger partial charge in [0.05, 0.1) is 32.6 Å². The molecule has 2 N–H and O–H groups in total. The van der Waals surface area contributed by atoms with Crippen molar-refractivity contribution in [2.24, 2.45) is 0 Å². The zero-order chi connectivity index (χ0) is 11.5. The van der Waals surface area contributed by atoms with Crippen LogP contribution in [0.5, 0.6) is 0 Å². The number of anilines is 1. The minimum atomic E-state index is -1.18. The van der Waals surface area contributed by atoms with E-state index < -0.39 is 10.8 Å². The Morgan fingerprint density at radius 3 is 3.00 bits per heavy atom. The van der Waals surface area contributed by atoms with E-state index in [2.05, 4.69) is 0 Å². The van der Waals surface area contributed by atoms with Gasteiger partial charge >= 0.3 is 0 Å². The lowest BCUT2D eigenvalue weighted by Crippen LogP contribution is -2.16. The lowest BCUT2D eigenvalue weighted by Gasteiger charge is -2.11. The lowest BCUT2D eigenvalue weighted by molar-refractivity contribution is 0.128. The second-order valence-electron chi connectivity index (χ2n) is 3.81. The van der Waals surface area contributed by atoms with E-state index in [1.54, 1.807) is 18.2 Å². The molecule has 5 heteroatoms. The van der Waals surface area contributed by atoms with Crippen LogP contribution in [0.15, 0.2) is 23.1 Å². The molecule has 2 rings (SSSR count). The van der Waals surface area contributed by atoms with Crippen LogP contribution in [-0.2, 0) is 15.5 Å². The van der Waals surface area contributed by atoms with Crippen LogP contribution in [0.1, 0.15) is 12.8 Å². The highest BCUT2D eigenvalue weighted by Crippen LogP contribution is 2.27. The SMILES string of the molecule is Nc1cccc(Cl)c1S(=O)CC1CCCO1. The number of nitrogen functional groups attached to an aromatic ring is 1. The predicted octanol–water partition coefficient (Wildman–Crippen LogP) is 2.21. The topological polar surface area (TPSA) is 52.3 Å². The largest absolute Gasteiger partial charge is 0.398 e. The molecular formula is C11H14ClNO2S. The van der Waals surface area contributed by atoms with Crippen molar-refractivity contribution >= 4 is 28.1 Å². The Morgan fingerprint density at radius 2 is 2.38 bits per heavy atom. The first-order valence-electron chi connectivity index (χ1n) is 5.22. The Balaban J connectivity index is 2.13. The highest BCUT2D eigenvalue weighted by atomic mass is 35.5. The molecule has 1 aliphatic rings. The molecule has 0 bridgehead atoms. The van der Waals surface area contributed by atoms with Crippen LogP contribution in [0.2, 0.25) is 5.02 Å². The Labute approximate surface area is 102 Å². The average molecular weight is 260 g/mol. The van der Waals surface area contributed by atoms with E-state index in [1.165, 1.54) is 0 Å². The highest BCUT2D eigenvalue weighted by Gasteiger charge is 2.21. The van der Waals surface area contributed by atoms with E-state index in [4.69, 9.17) is 22.1 Å². The van der Waals surface area contributed by atoms with E-state index in [1.807, 2.05) is 0 Å². The molecule has 1 aromatic carbocycles. The van der Waals surface area contributed by atoms with E-state index in [9.17, 15) is 4.21 Å². The summed E-state index contributed by atoms with van der Waals surface area (Å²) >= 11 is 6.00. The average Bonchev–Trinajstić information content (AvgIpc) is 2.70. The minimum Gasteiger partial charge on any atom is -0.398 e.